The predicted molar refractivity (Wildman–Crippen MR) is 107 cm³/mol. The zero-order valence-electron chi connectivity index (χ0n) is 16.2. The minimum absolute atomic E-state index is 0. The maximum atomic E-state index is 11.3. The van der Waals surface area contributed by atoms with Crippen molar-refractivity contribution in [3.63, 3.8) is 0 Å². The zero-order chi connectivity index (χ0) is 18.9. The molecule has 148 valence electrons. The highest BCUT2D eigenvalue weighted by atomic mass is 32.2. The molecule has 0 fully saturated rings. The lowest BCUT2D eigenvalue weighted by molar-refractivity contribution is -0.685. The van der Waals surface area contributed by atoms with Gasteiger partial charge in [-0.25, -0.2) is 4.52 Å². The first-order valence-electron chi connectivity index (χ1n) is 8.75. The van der Waals surface area contributed by atoms with E-state index in [-0.39, 0.29) is 5.48 Å². The Hall–Kier alpha value is -1.82. The Kier molecular flexibility index (Phi) is 10.1. The topological polar surface area (TPSA) is 82.5 Å². The van der Waals surface area contributed by atoms with Crippen LogP contribution in [0.2, 0.25) is 0 Å². The van der Waals surface area contributed by atoms with Crippen molar-refractivity contribution in [2.75, 3.05) is 7.11 Å². The number of ether oxygens (including phenoxy) is 1. The van der Waals surface area contributed by atoms with Crippen LogP contribution in [0.25, 0.3) is 11.5 Å². The van der Waals surface area contributed by atoms with Gasteiger partial charge in [0.15, 0.2) is 11.9 Å². The third-order valence-corrected chi connectivity index (χ3v) is 5.49. The highest BCUT2D eigenvalue weighted by Crippen LogP contribution is 2.45. The molecule has 0 saturated heterocycles. The maximum absolute atomic E-state index is 11.3. The maximum Gasteiger partial charge on any atom is 0.542 e. The van der Waals surface area contributed by atoms with E-state index in [1.54, 1.807) is 25.1 Å². The average molecular weight is 412 g/mol. The van der Waals surface area contributed by atoms with Gasteiger partial charge in [0.25, 0.3) is 0 Å². The van der Waals surface area contributed by atoms with Crippen LogP contribution in [-0.4, -0.2) is 12.6 Å². The van der Waals surface area contributed by atoms with E-state index in [4.69, 9.17) is 13.7 Å². The summed E-state index contributed by atoms with van der Waals surface area (Å²) in [5.41, 5.74) is 0.720. The summed E-state index contributed by atoms with van der Waals surface area (Å²) >= 11 is 1.66. The number of thioether (sulfide) groups is 1. The van der Waals surface area contributed by atoms with Crippen LogP contribution in [0.5, 0.6) is 11.5 Å². The molecule has 0 aliphatic rings. The lowest BCUT2D eigenvalue weighted by atomic mass is 10.2. The van der Waals surface area contributed by atoms with Crippen LogP contribution in [0, 0.1) is 0 Å². The molecule has 0 radical (unpaired) electrons. The number of hydrogen-bond donors (Lipinski definition) is 0. The van der Waals surface area contributed by atoms with Gasteiger partial charge in [-0.2, -0.15) is 4.57 Å². The first kappa shape index (κ1) is 23.2. The fraction of sp³-hybridized carbons (Fsp3) is 0.421. The highest BCUT2D eigenvalue weighted by molar-refractivity contribution is 8.03. The zero-order valence-corrected chi connectivity index (χ0v) is 18.0. The van der Waals surface area contributed by atoms with Crippen LogP contribution in [0.4, 0.5) is 0 Å². The Morgan fingerprint density at radius 1 is 1.37 bits per heavy atom. The van der Waals surface area contributed by atoms with Gasteiger partial charge in [0.2, 0.25) is 5.76 Å². The number of unbranched alkanes of at least 4 members (excludes halogenated alkanes) is 1. The Morgan fingerprint density at radius 2 is 2.15 bits per heavy atom. The van der Waals surface area contributed by atoms with E-state index >= 15 is 0 Å². The lowest BCUT2D eigenvalue weighted by Crippen LogP contribution is -2.35. The monoisotopic (exact) mass is 412 g/mol. The smallest absolute Gasteiger partial charge is 0.542 e. The second-order valence-corrected chi connectivity index (χ2v) is 7.15. The summed E-state index contributed by atoms with van der Waals surface area (Å²) in [4.78, 5) is 2.20. The first-order chi connectivity index (χ1) is 12.7. The van der Waals surface area contributed by atoms with Gasteiger partial charge in [-0.3, -0.25) is 0 Å². The molecular weight excluding hydrogens is 385 g/mol. The molecule has 2 rings (SSSR count). The van der Waals surface area contributed by atoms with Gasteiger partial charge in [0.1, 0.15) is 11.4 Å². The third kappa shape index (κ3) is 5.58. The summed E-state index contributed by atoms with van der Waals surface area (Å²) in [6.07, 6.45) is 9.08. The third-order valence-electron chi connectivity index (χ3n) is 3.99. The fourth-order valence-electron chi connectivity index (χ4n) is 2.68. The lowest BCUT2D eigenvalue weighted by Gasteiger charge is -2.13. The van der Waals surface area contributed by atoms with Crippen LogP contribution in [-0.2, 0) is 11.1 Å². The molecular formula is C19H27NO5PS+. The SMILES string of the molecule is CC=C(CCCC)Sc1c[n+](CC)c(-c2ccco2)c(O[PH+]=O)c1OC.[OH-]. The van der Waals surface area contributed by atoms with Crippen molar-refractivity contribution in [3.8, 4) is 23.0 Å². The second kappa shape index (κ2) is 11.8. The van der Waals surface area contributed by atoms with Crippen molar-refractivity contribution >= 4 is 20.4 Å². The van der Waals surface area contributed by atoms with Crippen molar-refractivity contribution < 1.29 is 28.3 Å². The standard InChI is InChI=1S/C19H26NO4PS.H2O/c1-5-8-10-14(6-2)26-16-13-20(7-3)17(15-11-9-12-23-15)19(24-25-21)18(16)22-4;/h6,9,11-13,25H,5,7-8,10H2,1-4H3;1H2/q+2;/p-1. The van der Waals surface area contributed by atoms with Crippen molar-refractivity contribution in [1.29, 1.82) is 0 Å². The molecule has 0 aromatic carbocycles. The molecule has 6 nitrogen and oxygen atoms in total. The quantitative estimate of drug-likeness (QED) is 0.287. The summed E-state index contributed by atoms with van der Waals surface area (Å²) in [6.45, 7) is 6.99. The summed E-state index contributed by atoms with van der Waals surface area (Å²) in [5, 5.41) is 0. The minimum Gasteiger partial charge on any atom is -0.870 e. The number of hydrogen-bond acceptors (Lipinski definition) is 6. The summed E-state index contributed by atoms with van der Waals surface area (Å²) in [6, 6.07) is 3.67. The van der Waals surface area contributed by atoms with Crippen LogP contribution in [0.15, 0.2) is 44.9 Å². The number of aromatic nitrogens is 1. The van der Waals surface area contributed by atoms with E-state index in [9.17, 15) is 4.57 Å². The van der Waals surface area contributed by atoms with E-state index < -0.39 is 8.69 Å². The van der Waals surface area contributed by atoms with Crippen LogP contribution >= 0.6 is 20.4 Å². The highest BCUT2D eigenvalue weighted by Gasteiger charge is 2.32. The first-order valence-corrected chi connectivity index (χ1v) is 10.4. The van der Waals surface area contributed by atoms with E-state index in [1.807, 2.05) is 36.7 Å². The fourth-order valence-corrected chi connectivity index (χ4v) is 4.05. The van der Waals surface area contributed by atoms with Gasteiger partial charge in [0, 0.05) is 0 Å². The van der Waals surface area contributed by atoms with E-state index in [1.165, 1.54) is 4.91 Å². The molecule has 0 bridgehead atoms. The summed E-state index contributed by atoms with van der Waals surface area (Å²) in [7, 11) is 0.668. The summed E-state index contributed by atoms with van der Waals surface area (Å²) < 4.78 is 30.1. The van der Waals surface area contributed by atoms with Crippen LogP contribution in [0.1, 0.15) is 40.0 Å². The van der Waals surface area contributed by atoms with Gasteiger partial charge < -0.3 is 14.6 Å². The molecule has 2 heterocycles. The Balaban J connectivity index is 0.00000364. The normalized spacial score (nSPS) is 11.3. The Labute approximate surface area is 166 Å². The number of allylic oxidation sites excluding steroid dienone is 2. The molecule has 1 N–H and O–H groups in total. The van der Waals surface area contributed by atoms with Gasteiger partial charge >= 0.3 is 20.1 Å². The number of pyridine rings is 1. The van der Waals surface area contributed by atoms with Gasteiger partial charge in [-0.05, 0) is 48.3 Å². The number of nitrogens with zero attached hydrogens (tertiary/aromatic N) is 1. The van der Waals surface area contributed by atoms with Crippen LogP contribution < -0.4 is 13.8 Å². The van der Waals surface area contributed by atoms with Gasteiger partial charge in [-0.1, -0.05) is 31.2 Å². The second-order valence-electron chi connectivity index (χ2n) is 5.61. The average Bonchev–Trinajstić information content (AvgIpc) is 3.19. The predicted octanol–water partition coefficient (Wildman–Crippen LogP) is 5.59. The van der Waals surface area contributed by atoms with Crippen molar-refractivity contribution in [2.24, 2.45) is 0 Å². The largest absolute Gasteiger partial charge is 0.870 e. The molecule has 2 aromatic rings. The van der Waals surface area contributed by atoms with E-state index in [0.29, 0.717) is 23.8 Å². The number of aryl methyl sites for hydroxylation is 1. The molecule has 0 spiro atoms. The number of rotatable bonds is 10. The molecule has 1 atom stereocenters. The Bertz CT molecular complexity index is 762. The number of furan rings is 1. The van der Waals surface area contributed by atoms with Crippen LogP contribution in [0.3, 0.4) is 0 Å². The summed E-state index contributed by atoms with van der Waals surface area (Å²) in [5.74, 6) is 1.66. The van der Waals surface area contributed by atoms with Crippen molar-refractivity contribution in [3.05, 3.63) is 35.6 Å². The number of methoxy groups -OCH3 is 1. The van der Waals surface area contributed by atoms with Crippen molar-refractivity contribution in [2.45, 2.75) is 51.5 Å². The molecule has 0 aliphatic carbocycles. The molecule has 27 heavy (non-hydrogen) atoms. The molecule has 8 heteroatoms. The van der Waals surface area contributed by atoms with Crippen molar-refractivity contribution in [1.82, 2.24) is 0 Å². The van der Waals surface area contributed by atoms with E-state index in [2.05, 4.69) is 13.0 Å². The van der Waals surface area contributed by atoms with Gasteiger partial charge in [-0.15, -0.1) is 0 Å². The minimum atomic E-state index is -0.933. The molecule has 2 aromatic heterocycles. The molecule has 0 aliphatic heterocycles. The van der Waals surface area contributed by atoms with E-state index in [0.717, 1.165) is 29.9 Å². The molecule has 0 saturated carbocycles. The molecule has 0 amide bonds. The Morgan fingerprint density at radius 3 is 2.67 bits per heavy atom. The van der Waals surface area contributed by atoms with Gasteiger partial charge in [0.05, 0.1) is 13.4 Å². The molecule has 1 unspecified atom stereocenters.